The number of rotatable bonds is 6. The molecule has 0 radical (unpaired) electrons. The van der Waals surface area contributed by atoms with Gasteiger partial charge in [0.2, 0.25) is 5.91 Å². The summed E-state index contributed by atoms with van der Waals surface area (Å²) in [5, 5.41) is 2.79. The van der Waals surface area contributed by atoms with Gasteiger partial charge in [0.1, 0.15) is 5.82 Å². The van der Waals surface area contributed by atoms with E-state index in [0.717, 1.165) is 18.4 Å². The van der Waals surface area contributed by atoms with Gasteiger partial charge in [0.25, 0.3) is 0 Å². The average Bonchev–Trinajstić information content (AvgIpc) is 2.42. The number of nitrogens with zero attached hydrogens (tertiary/aromatic N) is 1. The first-order valence-corrected chi connectivity index (χ1v) is 6.71. The molecule has 3 N–H and O–H groups in total. The first kappa shape index (κ1) is 15.2. The number of carbonyl (C=O) groups is 1. The Hall–Kier alpha value is -1.86. The van der Waals surface area contributed by atoms with Gasteiger partial charge in [0, 0.05) is 18.2 Å². The summed E-state index contributed by atoms with van der Waals surface area (Å²) in [6, 6.07) is 3.55. The van der Waals surface area contributed by atoms with Crippen LogP contribution in [0.1, 0.15) is 44.6 Å². The normalized spacial score (nSPS) is 9.58. The van der Waals surface area contributed by atoms with Crippen LogP contribution in [0.2, 0.25) is 0 Å². The minimum atomic E-state index is 0.00698. The van der Waals surface area contributed by atoms with Crippen LogP contribution in [0, 0.1) is 11.8 Å². The molecule has 0 aliphatic carbocycles. The molecule has 0 saturated heterocycles. The lowest BCUT2D eigenvalue weighted by Gasteiger charge is -2.04. The quantitative estimate of drug-likeness (QED) is 0.608. The van der Waals surface area contributed by atoms with E-state index in [-0.39, 0.29) is 5.91 Å². The summed E-state index contributed by atoms with van der Waals surface area (Å²) in [5.74, 6) is 6.23. The molecule has 0 atom stereocenters. The molecular weight excluding hydrogens is 238 g/mol. The zero-order valence-electron chi connectivity index (χ0n) is 11.4. The second kappa shape index (κ2) is 9.12. The topological polar surface area (TPSA) is 68.0 Å². The minimum absolute atomic E-state index is 0.00698. The summed E-state index contributed by atoms with van der Waals surface area (Å²) in [7, 11) is 0. The van der Waals surface area contributed by atoms with Gasteiger partial charge in [-0.05, 0) is 18.6 Å². The molecule has 0 aromatic carbocycles. The number of carbonyl (C=O) groups excluding carboxylic acids is 1. The molecule has 0 saturated carbocycles. The third-order valence-corrected chi connectivity index (χ3v) is 2.62. The van der Waals surface area contributed by atoms with E-state index in [1.54, 1.807) is 18.3 Å². The number of unbranched alkanes of at least 4 members (excludes halogenated alkanes) is 3. The minimum Gasteiger partial charge on any atom is -0.320 e. The Morgan fingerprint density at radius 2 is 2.26 bits per heavy atom. The van der Waals surface area contributed by atoms with E-state index in [0.29, 0.717) is 18.8 Å². The van der Waals surface area contributed by atoms with E-state index in [2.05, 4.69) is 29.1 Å². The smallest absolute Gasteiger partial charge is 0.225 e. The third-order valence-electron chi connectivity index (χ3n) is 2.62. The van der Waals surface area contributed by atoms with Crippen LogP contribution in [-0.2, 0) is 4.79 Å². The molecule has 0 spiro atoms. The fourth-order valence-corrected chi connectivity index (χ4v) is 1.65. The number of anilines is 1. The highest BCUT2D eigenvalue weighted by atomic mass is 16.1. The Balaban J connectivity index is 2.45. The van der Waals surface area contributed by atoms with Crippen LogP contribution in [0.3, 0.4) is 0 Å². The van der Waals surface area contributed by atoms with Crippen molar-refractivity contribution < 1.29 is 4.79 Å². The van der Waals surface area contributed by atoms with Gasteiger partial charge in [-0.1, -0.05) is 38.0 Å². The van der Waals surface area contributed by atoms with Crippen molar-refractivity contribution in [2.75, 3.05) is 11.9 Å². The van der Waals surface area contributed by atoms with Crippen LogP contribution in [0.25, 0.3) is 0 Å². The maximum atomic E-state index is 11.7. The van der Waals surface area contributed by atoms with Crippen LogP contribution in [0.15, 0.2) is 18.3 Å². The molecule has 0 aliphatic rings. The number of hydrogen-bond donors (Lipinski definition) is 2. The van der Waals surface area contributed by atoms with E-state index in [1.807, 2.05) is 0 Å². The molecule has 1 amide bonds. The summed E-state index contributed by atoms with van der Waals surface area (Å²) in [6.07, 6.45) is 6.54. The fraction of sp³-hybridized carbons (Fsp3) is 0.467. The van der Waals surface area contributed by atoms with Crippen molar-refractivity contribution >= 4 is 11.7 Å². The Labute approximate surface area is 114 Å². The number of amides is 1. The molecule has 0 fully saturated rings. The predicted octanol–water partition coefficient (Wildman–Crippen LogP) is 2.30. The highest BCUT2D eigenvalue weighted by molar-refractivity contribution is 5.89. The Kier molecular flexibility index (Phi) is 7.30. The van der Waals surface area contributed by atoms with E-state index in [4.69, 9.17) is 5.73 Å². The molecule has 0 unspecified atom stereocenters. The van der Waals surface area contributed by atoms with Crippen molar-refractivity contribution in [3.63, 3.8) is 0 Å². The first-order valence-electron chi connectivity index (χ1n) is 6.71. The van der Waals surface area contributed by atoms with E-state index >= 15 is 0 Å². The van der Waals surface area contributed by atoms with Crippen molar-refractivity contribution in [1.29, 1.82) is 0 Å². The van der Waals surface area contributed by atoms with Gasteiger partial charge in [-0.2, -0.15) is 0 Å². The molecule has 1 rings (SSSR count). The standard InChI is InChI=1S/C15H21N3O/c1-2-3-4-5-8-15(19)18-14-12-13(7-6-10-16)9-11-17-14/h9,11-12H,2-5,8,10,16H2,1H3,(H,17,18,19). The van der Waals surface area contributed by atoms with Gasteiger partial charge in [0.15, 0.2) is 0 Å². The number of nitrogens with two attached hydrogens (primary N) is 1. The number of aromatic nitrogens is 1. The number of hydrogen-bond acceptors (Lipinski definition) is 3. The lowest BCUT2D eigenvalue weighted by atomic mass is 10.1. The second-order valence-electron chi connectivity index (χ2n) is 4.29. The summed E-state index contributed by atoms with van der Waals surface area (Å²) in [5.41, 5.74) is 6.12. The Morgan fingerprint density at radius 1 is 1.42 bits per heavy atom. The molecule has 1 aromatic heterocycles. The summed E-state index contributed by atoms with van der Waals surface area (Å²) in [4.78, 5) is 15.8. The molecule has 19 heavy (non-hydrogen) atoms. The monoisotopic (exact) mass is 259 g/mol. The molecule has 0 bridgehead atoms. The summed E-state index contributed by atoms with van der Waals surface area (Å²) < 4.78 is 0. The van der Waals surface area contributed by atoms with Crippen LogP contribution in [0.5, 0.6) is 0 Å². The highest BCUT2D eigenvalue weighted by Gasteiger charge is 2.03. The summed E-state index contributed by atoms with van der Waals surface area (Å²) >= 11 is 0. The lowest BCUT2D eigenvalue weighted by molar-refractivity contribution is -0.116. The largest absolute Gasteiger partial charge is 0.320 e. The second-order valence-corrected chi connectivity index (χ2v) is 4.29. The van der Waals surface area contributed by atoms with Crippen molar-refractivity contribution in [3.05, 3.63) is 23.9 Å². The highest BCUT2D eigenvalue weighted by Crippen LogP contribution is 2.08. The molecule has 4 nitrogen and oxygen atoms in total. The van der Waals surface area contributed by atoms with Gasteiger partial charge >= 0.3 is 0 Å². The van der Waals surface area contributed by atoms with E-state index in [1.165, 1.54) is 12.8 Å². The molecule has 4 heteroatoms. The maximum Gasteiger partial charge on any atom is 0.225 e. The first-order chi connectivity index (χ1) is 9.26. The van der Waals surface area contributed by atoms with Crippen molar-refractivity contribution in [2.45, 2.75) is 39.0 Å². The van der Waals surface area contributed by atoms with Crippen LogP contribution in [0.4, 0.5) is 5.82 Å². The number of nitrogens with one attached hydrogen (secondary N) is 1. The fourth-order valence-electron chi connectivity index (χ4n) is 1.65. The van der Waals surface area contributed by atoms with Crippen molar-refractivity contribution in [2.24, 2.45) is 5.73 Å². The van der Waals surface area contributed by atoms with Crippen LogP contribution in [-0.4, -0.2) is 17.4 Å². The van der Waals surface area contributed by atoms with Crippen LogP contribution < -0.4 is 11.1 Å². The van der Waals surface area contributed by atoms with Crippen LogP contribution >= 0.6 is 0 Å². The van der Waals surface area contributed by atoms with Gasteiger partial charge < -0.3 is 11.1 Å². The maximum absolute atomic E-state index is 11.7. The average molecular weight is 259 g/mol. The third kappa shape index (κ3) is 6.58. The Morgan fingerprint density at radius 3 is 3.00 bits per heavy atom. The Bertz CT molecular complexity index is 460. The van der Waals surface area contributed by atoms with E-state index in [9.17, 15) is 4.79 Å². The van der Waals surface area contributed by atoms with Crippen molar-refractivity contribution in [1.82, 2.24) is 4.98 Å². The number of pyridine rings is 1. The molecule has 102 valence electrons. The zero-order valence-corrected chi connectivity index (χ0v) is 11.4. The van der Waals surface area contributed by atoms with E-state index < -0.39 is 0 Å². The van der Waals surface area contributed by atoms with Crippen molar-refractivity contribution in [3.8, 4) is 11.8 Å². The molecule has 0 aliphatic heterocycles. The molecule has 1 heterocycles. The van der Waals surface area contributed by atoms with Gasteiger partial charge in [-0.25, -0.2) is 4.98 Å². The zero-order chi connectivity index (χ0) is 13.9. The molecular formula is C15H21N3O. The summed E-state index contributed by atoms with van der Waals surface area (Å²) in [6.45, 7) is 2.47. The van der Waals surface area contributed by atoms with Gasteiger partial charge in [-0.3, -0.25) is 4.79 Å². The molecule has 1 aromatic rings. The van der Waals surface area contributed by atoms with Gasteiger partial charge in [-0.15, -0.1) is 0 Å². The predicted molar refractivity (Wildman–Crippen MR) is 77.6 cm³/mol. The SMILES string of the molecule is CCCCCCC(=O)Nc1cc(C#CCN)ccn1. The van der Waals surface area contributed by atoms with Gasteiger partial charge in [0.05, 0.1) is 6.54 Å². The lowest BCUT2D eigenvalue weighted by Crippen LogP contribution is -2.12.